The van der Waals surface area contributed by atoms with Gasteiger partial charge in [-0.25, -0.2) is 4.39 Å². The van der Waals surface area contributed by atoms with Crippen molar-refractivity contribution < 1.29 is 23.4 Å². The number of pyridine rings is 1. The maximum atomic E-state index is 15.8. The summed E-state index contributed by atoms with van der Waals surface area (Å²) in [5.74, 6) is 0.921. The number of benzene rings is 2. The van der Waals surface area contributed by atoms with E-state index in [4.69, 9.17) is 14.2 Å². The number of aryl methyl sites for hydroxylation is 1. The number of esters is 1. The van der Waals surface area contributed by atoms with E-state index in [0.717, 1.165) is 37.2 Å². The maximum Gasteiger partial charge on any atom is 0.320 e. The average molecular weight is 605 g/mol. The highest BCUT2D eigenvalue weighted by Gasteiger charge is 2.26. The normalized spacial score (nSPS) is 14.6. The van der Waals surface area contributed by atoms with E-state index < -0.39 is 5.60 Å². The fraction of sp³-hybridized carbons (Fsp3) is 0.441. The Balaban J connectivity index is 1.36. The van der Waals surface area contributed by atoms with E-state index in [-0.39, 0.29) is 29.8 Å². The topological polar surface area (TPSA) is 87.8 Å². The van der Waals surface area contributed by atoms with Crippen LogP contribution in [0.3, 0.4) is 0 Å². The Labute approximate surface area is 257 Å². The molecule has 4 aromatic rings. The summed E-state index contributed by atoms with van der Waals surface area (Å²) in [6.45, 7) is 7.76. The summed E-state index contributed by atoms with van der Waals surface area (Å²) < 4.78 is 35.4. The molecule has 0 saturated carbocycles. The second kappa shape index (κ2) is 12.8. The number of ether oxygens (including phenoxy) is 3. The van der Waals surface area contributed by atoms with E-state index in [2.05, 4.69) is 10.00 Å². The van der Waals surface area contributed by atoms with Gasteiger partial charge in [0, 0.05) is 29.8 Å². The lowest BCUT2D eigenvalue weighted by molar-refractivity contribution is -0.156. The molecule has 44 heavy (non-hydrogen) atoms. The Kier molecular flexibility index (Phi) is 9.10. The smallest absolute Gasteiger partial charge is 0.320 e. The van der Waals surface area contributed by atoms with Gasteiger partial charge in [0.2, 0.25) is 0 Å². The Morgan fingerprint density at radius 1 is 1.07 bits per heavy atom. The molecule has 10 heteroatoms. The third-order valence-corrected chi connectivity index (χ3v) is 8.12. The molecule has 1 saturated heterocycles. The lowest BCUT2D eigenvalue weighted by atomic mass is 9.88. The van der Waals surface area contributed by atoms with E-state index in [0.29, 0.717) is 46.3 Å². The lowest BCUT2D eigenvalue weighted by Gasteiger charge is -2.32. The zero-order valence-corrected chi connectivity index (χ0v) is 26.4. The van der Waals surface area contributed by atoms with Crippen LogP contribution in [0.25, 0.3) is 22.0 Å². The number of carbonyl (C=O) groups excluding carboxylic acids is 1. The van der Waals surface area contributed by atoms with Gasteiger partial charge in [0.15, 0.2) is 0 Å². The van der Waals surface area contributed by atoms with Crippen LogP contribution in [-0.4, -0.2) is 64.7 Å². The van der Waals surface area contributed by atoms with Crippen LogP contribution < -0.4 is 15.0 Å². The molecule has 0 unspecified atom stereocenters. The van der Waals surface area contributed by atoms with Gasteiger partial charge in [-0.2, -0.15) is 5.10 Å². The second-order valence-electron chi connectivity index (χ2n) is 12.5. The molecule has 2 aromatic carbocycles. The highest BCUT2D eigenvalue weighted by molar-refractivity contribution is 5.94. The number of halogens is 1. The van der Waals surface area contributed by atoms with Gasteiger partial charge < -0.3 is 18.8 Å². The highest BCUT2D eigenvalue weighted by Crippen LogP contribution is 2.35. The van der Waals surface area contributed by atoms with Crippen molar-refractivity contribution in [2.75, 3.05) is 33.9 Å². The predicted octanol–water partition coefficient (Wildman–Crippen LogP) is 5.20. The summed E-state index contributed by atoms with van der Waals surface area (Å²) in [6.07, 6.45) is 5.62. The third kappa shape index (κ3) is 6.96. The number of methoxy groups -OCH3 is 2. The van der Waals surface area contributed by atoms with Crippen LogP contribution in [0.15, 0.2) is 53.6 Å². The van der Waals surface area contributed by atoms with Gasteiger partial charge >= 0.3 is 5.97 Å². The Bertz CT molecular complexity index is 1700. The summed E-state index contributed by atoms with van der Waals surface area (Å²) in [5.41, 5.74) is 2.57. The molecule has 0 amide bonds. The summed E-state index contributed by atoms with van der Waals surface area (Å²) >= 11 is 0. The Morgan fingerprint density at radius 2 is 1.77 bits per heavy atom. The first-order valence-electron chi connectivity index (χ1n) is 14.9. The van der Waals surface area contributed by atoms with Gasteiger partial charge in [0.1, 0.15) is 28.4 Å². The van der Waals surface area contributed by atoms with E-state index in [1.165, 1.54) is 10.6 Å². The van der Waals surface area contributed by atoms with Gasteiger partial charge in [-0.3, -0.25) is 19.2 Å². The second-order valence-corrected chi connectivity index (χ2v) is 12.5. The predicted molar refractivity (Wildman–Crippen MR) is 168 cm³/mol. The van der Waals surface area contributed by atoms with Crippen LogP contribution in [0.4, 0.5) is 4.39 Å². The summed E-state index contributed by atoms with van der Waals surface area (Å²) in [4.78, 5) is 27.6. The molecule has 0 atom stereocenters. The minimum atomic E-state index is -0.506. The minimum Gasteiger partial charge on any atom is -0.497 e. The van der Waals surface area contributed by atoms with Gasteiger partial charge in [0.05, 0.1) is 33.5 Å². The molecular weight excluding hydrogens is 563 g/mol. The van der Waals surface area contributed by atoms with Gasteiger partial charge in [-0.1, -0.05) is 12.1 Å². The zero-order chi connectivity index (χ0) is 31.6. The Hall–Kier alpha value is -4.18. The van der Waals surface area contributed by atoms with Crippen molar-refractivity contribution in [3.63, 3.8) is 0 Å². The number of piperidine rings is 1. The van der Waals surface area contributed by atoms with E-state index in [1.807, 2.05) is 51.1 Å². The molecule has 0 radical (unpaired) electrons. The molecule has 234 valence electrons. The van der Waals surface area contributed by atoms with E-state index in [1.54, 1.807) is 38.3 Å². The first kappa shape index (κ1) is 31.3. The molecule has 0 bridgehead atoms. The average Bonchev–Trinajstić information content (AvgIpc) is 3.40. The van der Waals surface area contributed by atoms with Crippen LogP contribution in [0.5, 0.6) is 11.5 Å². The monoisotopic (exact) mass is 604 g/mol. The molecule has 1 aliphatic rings. The Morgan fingerprint density at radius 3 is 2.41 bits per heavy atom. The van der Waals surface area contributed by atoms with Gasteiger partial charge in [0.25, 0.3) is 5.56 Å². The van der Waals surface area contributed by atoms with E-state index in [9.17, 15) is 9.59 Å². The number of hydrogen-bond acceptors (Lipinski definition) is 7. The van der Waals surface area contributed by atoms with Gasteiger partial charge in [-0.05, 0) is 94.4 Å². The molecule has 0 spiro atoms. The van der Waals surface area contributed by atoms with Crippen LogP contribution >= 0.6 is 0 Å². The fourth-order valence-electron chi connectivity index (χ4n) is 5.89. The van der Waals surface area contributed by atoms with Crippen molar-refractivity contribution in [3.8, 4) is 22.6 Å². The maximum absolute atomic E-state index is 15.8. The lowest BCUT2D eigenvalue weighted by Crippen LogP contribution is -2.40. The molecular formula is C34H41FN4O5. The van der Waals surface area contributed by atoms with Crippen molar-refractivity contribution in [1.29, 1.82) is 0 Å². The van der Waals surface area contributed by atoms with Crippen LogP contribution in [0.1, 0.15) is 44.7 Å². The van der Waals surface area contributed by atoms with Crippen molar-refractivity contribution in [2.24, 2.45) is 13.0 Å². The molecule has 1 aliphatic heterocycles. The van der Waals surface area contributed by atoms with Crippen LogP contribution in [-0.2, 0) is 29.5 Å². The number of hydrogen-bond donors (Lipinski definition) is 0. The first-order valence-corrected chi connectivity index (χ1v) is 14.9. The van der Waals surface area contributed by atoms with Crippen molar-refractivity contribution in [1.82, 2.24) is 19.2 Å². The molecule has 0 aliphatic carbocycles. The first-order chi connectivity index (χ1) is 21.0. The molecule has 5 rings (SSSR count). The van der Waals surface area contributed by atoms with Crippen molar-refractivity contribution in [3.05, 3.63) is 76.1 Å². The zero-order valence-electron chi connectivity index (χ0n) is 26.4. The molecule has 9 nitrogen and oxygen atoms in total. The third-order valence-electron chi connectivity index (χ3n) is 8.12. The molecule has 3 heterocycles. The largest absolute Gasteiger partial charge is 0.497 e. The molecule has 1 fully saturated rings. The number of rotatable bonds is 9. The molecule has 2 aromatic heterocycles. The number of aromatic nitrogens is 3. The van der Waals surface area contributed by atoms with Gasteiger partial charge in [-0.15, -0.1) is 0 Å². The minimum absolute atomic E-state index is 0.183. The van der Waals surface area contributed by atoms with Crippen molar-refractivity contribution >= 4 is 16.9 Å². The highest BCUT2D eigenvalue weighted by atomic mass is 19.1. The fourth-order valence-corrected chi connectivity index (χ4v) is 5.89. The summed E-state index contributed by atoms with van der Waals surface area (Å²) in [6, 6.07) is 11.0. The summed E-state index contributed by atoms with van der Waals surface area (Å²) in [7, 11) is 4.85. The van der Waals surface area contributed by atoms with Crippen LogP contribution in [0, 0.1) is 11.7 Å². The summed E-state index contributed by atoms with van der Waals surface area (Å²) in [5, 5.41) is 5.18. The number of nitrogens with zero attached hydrogens (tertiary/aromatic N) is 4. The standard InChI is InChI=1S/C34H41FN4O5/c1-34(2,3)44-31(40)21-38-13-11-22(12-14-38)15-26-29(35)16-24(17-30(26)43-6)28-20-37(4)33(41)32-27(28)18-36-39(32)19-23-7-9-25(42-5)10-8-23/h7-10,16-18,20,22H,11-15,19,21H2,1-6H3. The number of likely N-dealkylation sites (tertiary alicyclic amines) is 1. The number of fused-ring (bicyclic) bond motifs is 1. The molecule has 0 N–H and O–H groups in total. The quantitative estimate of drug-likeness (QED) is 0.243. The SMILES string of the molecule is COc1ccc(Cn2ncc3c(-c4cc(F)c(CC5CCN(CC(=O)OC(C)(C)C)CC5)c(OC)c4)cn(C)c(=O)c32)cc1. The van der Waals surface area contributed by atoms with Crippen molar-refractivity contribution in [2.45, 2.75) is 52.2 Å². The van der Waals surface area contributed by atoms with Crippen LogP contribution in [0.2, 0.25) is 0 Å². The number of carbonyl (C=O) groups is 1. The van der Waals surface area contributed by atoms with E-state index >= 15 is 4.39 Å².